The average Bonchev–Trinajstić information content (AvgIpc) is 3.06. The average molecular weight is 327 g/mol. The topological polar surface area (TPSA) is 67.1 Å². The van der Waals surface area contributed by atoms with Crippen molar-refractivity contribution in [1.82, 2.24) is 20.0 Å². The van der Waals surface area contributed by atoms with Crippen LogP contribution in [0.25, 0.3) is 22.8 Å². The first-order chi connectivity index (χ1) is 11.6. The van der Waals surface area contributed by atoms with E-state index < -0.39 is 0 Å². The number of nitrogens with one attached hydrogen (secondary N) is 1. The first-order valence-corrected chi connectivity index (χ1v) is 7.56. The Morgan fingerprint density at radius 3 is 2.50 bits per heavy atom. The van der Waals surface area contributed by atoms with Crippen LogP contribution < -0.4 is 5.32 Å². The van der Waals surface area contributed by atoms with Gasteiger partial charge in [0, 0.05) is 24.8 Å². The van der Waals surface area contributed by atoms with Crippen LogP contribution in [0.1, 0.15) is 0 Å². The lowest BCUT2D eigenvalue weighted by Gasteiger charge is -2.10. The highest BCUT2D eigenvalue weighted by Gasteiger charge is 2.11. The zero-order valence-electron chi connectivity index (χ0n) is 13.5. The van der Waals surface area contributed by atoms with E-state index in [1.165, 1.54) is 12.1 Å². The van der Waals surface area contributed by atoms with Crippen LogP contribution in [0.15, 0.2) is 47.1 Å². The minimum Gasteiger partial charge on any atom is -0.369 e. The first-order valence-electron chi connectivity index (χ1n) is 7.56. The van der Waals surface area contributed by atoms with Gasteiger partial charge in [-0.2, -0.15) is 4.98 Å². The largest absolute Gasteiger partial charge is 0.369 e. The summed E-state index contributed by atoms with van der Waals surface area (Å²) in [5.74, 6) is 1.28. The molecule has 0 aliphatic rings. The second kappa shape index (κ2) is 7.18. The summed E-state index contributed by atoms with van der Waals surface area (Å²) in [6.07, 6.45) is 1.68. The lowest BCUT2D eigenvalue weighted by Crippen LogP contribution is -2.21. The summed E-state index contributed by atoms with van der Waals surface area (Å²) in [7, 11) is 4.04. The van der Waals surface area contributed by atoms with Gasteiger partial charge in [-0.05, 0) is 50.5 Å². The fourth-order valence-electron chi connectivity index (χ4n) is 2.09. The van der Waals surface area contributed by atoms with Crippen LogP contribution in [0.3, 0.4) is 0 Å². The molecule has 0 amide bonds. The van der Waals surface area contributed by atoms with Crippen molar-refractivity contribution in [3.63, 3.8) is 0 Å². The minimum atomic E-state index is -0.302. The molecule has 0 unspecified atom stereocenters. The van der Waals surface area contributed by atoms with Gasteiger partial charge in [0.25, 0.3) is 5.89 Å². The molecular weight excluding hydrogens is 309 g/mol. The number of anilines is 1. The molecule has 0 bridgehead atoms. The fraction of sp³-hybridized carbons (Fsp3) is 0.235. The number of benzene rings is 1. The molecule has 0 radical (unpaired) electrons. The Morgan fingerprint density at radius 2 is 1.83 bits per heavy atom. The van der Waals surface area contributed by atoms with Gasteiger partial charge in [0.2, 0.25) is 5.82 Å². The highest BCUT2D eigenvalue weighted by molar-refractivity contribution is 5.60. The maximum atomic E-state index is 13.0. The van der Waals surface area contributed by atoms with E-state index in [1.54, 1.807) is 18.3 Å². The van der Waals surface area contributed by atoms with Crippen LogP contribution in [-0.2, 0) is 0 Å². The zero-order valence-corrected chi connectivity index (χ0v) is 13.5. The van der Waals surface area contributed by atoms with Crippen LogP contribution >= 0.6 is 0 Å². The number of likely N-dealkylation sites (N-methyl/N-ethyl adjacent to an activating group) is 1. The van der Waals surface area contributed by atoms with Gasteiger partial charge in [-0.3, -0.25) is 0 Å². The van der Waals surface area contributed by atoms with Crippen LogP contribution in [-0.4, -0.2) is 47.2 Å². The predicted molar refractivity (Wildman–Crippen MR) is 90.0 cm³/mol. The lowest BCUT2D eigenvalue weighted by atomic mass is 10.2. The molecule has 2 aromatic heterocycles. The number of hydrogen-bond acceptors (Lipinski definition) is 6. The molecule has 0 atom stereocenters. The normalized spacial score (nSPS) is 11.0. The van der Waals surface area contributed by atoms with Crippen molar-refractivity contribution < 1.29 is 8.91 Å². The summed E-state index contributed by atoms with van der Waals surface area (Å²) in [5.41, 5.74) is 1.43. The molecule has 0 aliphatic carbocycles. The standard InChI is InChI=1S/C17H18FN5O/c1-23(2)10-9-19-15-8-5-13(11-20-15)17-21-16(22-24-17)12-3-6-14(18)7-4-12/h3-8,11H,9-10H2,1-2H3,(H,19,20). The van der Waals surface area contributed by atoms with Gasteiger partial charge in [-0.15, -0.1) is 0 Å². The van der Waals surface area contributed by atoms with Crippen LogP contribution in [0.5, 0.6) is 0 Å². The third-order valence-corrected chi connectivity index (χ3v) is 3.40. The molecule has 1 aromatic carbocycles. The number of aromatic nitrogens is 3. The molecule has 0 spiro atoms. The van der Waals surface area contributed by atoms with Crippen LogP contribution in [0, 0.1) is 5.82 Å². The Labute approximate surface area is 139 Å². The van der Waals surface area contributed by atoms with Crippen molar-refractivity contribution in [2.45, 2.75) is 0 Å². The van der Waals surface area contributed by atoms with E-state index >= 15 is 0 Å². The van der Waals surface area contributed by atoms with E-state index in [-0.39, 0.29) is 5.82 Å². The number of hydrogen-bond donors (Lipinski definition) is 1. The molecule has 0 saturated heterocycles. The molecule has 1 N–H and O–H groups in total. The summed E-state index contributed by atoms with van der Waals surface area (Å²) in [5, 5.41) is 7.16. The highest BCUT2D eigenvalue weighted by atomic mass is 19.1. The van der Waals surface area contributed by atoms with Gasteiger partial charge in [-0.1, -0.05) is 5.16 Å². The summed E-state index contributed by atoms with van der Waals surface area (Å²) >= 11 is 0. The van der Waals surface area contributed by atoms with E-state index in [0.29, 0.717) is 17.3 Å². The maximum Gasteiger partial charge on any atom is 0.259 e. The molecule has 3 rings (SSSR count). The van der Waals surface area contributed by atoms with Crippen molar-refractivity contribution in [2.24, 2.45) is 0 Å². The van der Waals surface area contributed by atoms with Gasteiger partial charge in [0.1, 0.15) is 11.6 Å². The van der Waals surface area contributed by atoms with E-state index in [9.17, 15) is 4.39 Å². The second-order valence-electron chi connectivity index (χ2n) is 5.59. The molecule has 0 fully saturated rings. The van der Waals surface area contributed by atoms with Crippen molar-refractivity contribution >= 4 is 5.82 Å². The summed E-state index contributed by atoms with van der Waals surface area (Å²) in [6.45, 7) is 1.74. The summed E-state index contributed by atoms with van der Waals surface area (Å²) in [4.78, 5) is 10.8. The Kier molecular flexibility index (Phi) is 4.81. The van der Waals surface area contributed by atoms with Gasteiger partial charge < -0.3 is 14.7 Å². The molecule has 24 heavy (non-hydrogen) atoms. The third-order valence-electron chi connectivity index (χ3n) is 3.40. The van der Waals surface area contributed by atoms with Gasteiger partial charge in [0.15, 0.2) is 0 Å². The third kappa shape index (κ3) is 3.94. The molecule has 6 nitrogen and oxygen atoms in total. The Balaban J connectivity index is 1.69. The van der Waals surface area contributed by atoms with Crippen molar-refractivity contribution in [3.8, 4) is 22.8 Å². The Hall–Kier alpha value is -2.80. The van der Waals surface area contributed by atoms with Gasteiger partial charge in [-0.25, -0.2) is 9.37 Å². The number of nitrogens with zero attached hydrogens (tertiary/aromatic N) is 4. The summed E-state index contributed by atoms with van der Waals surface area (Å²) < 4.78 is 18.2. The molecule has 3 aromatic rings. The van der Waals surface area contributed by atoms with Crippen molar-refractivity contribution in [1.29, 1.82) is 0 Å². The van der Waals surface area contributed by atoms with E-state index in [1.807, 2.05) is 26.2 Å². The fourth-order valence-corrected chi connectivity index (χ4v) is 2.09. The highest BCUT2D eigenvalue weighted by Crippen LogP contribution is 2.22. The Bertz CT molecular complexity index is 784. The number of halogens is 1. The Morgan fingerprint density at radius 1 is 1.08 bits per heavy atom. The van der Waals surface area contributed by atoms with E-state index in [4.69, 9.17) is 4.52 Å². The van der Waals surface area contributed by atoms with Crippen molar-refractivity contribution in [2.75, 3.05) is 32.5 Å². The van der Waals surface area contributed by atoms with Crippen molar-refractivity contribution in [3.05, 3.63) is 48.4 Å². The van der Waals surface area contributed by atoms with Crippen LogP contribution in [0.2, 0.25) is 0 Å². The zero-order chi connectivity index (χ0) is 16.9. The molecular formula is C17H18FN5O. The molecule has 124 valence electrons. The van der Waals surface area contributed by atoms with Gasteiger partial charge in [0.05, 0.1) is 5.56 Å². The molecule has 7 heteroatoms. The molecule has 2 heterocycles. The summed E-state index contributed by atoms with van der Waals surface area (Å²) in [6, 6.07) is 9.68. The van der Waals surface area contributed by atoms with E-state index in [2.05, 4.69) is 25.3 Å². The van der Waals surface area contributed by atoms with E-state index in [0.717, 1.165) is 24.5 Å². The predicted octanol–water partition coefficient (Wildman–Crippen LogP) is 2.91. The van der Waals surface area contributed by atoms with Crippen LogP contribution in [0.4, 0.5) is 10.2 Å². The SMILES string of the molecule is CN(C)CCNc1ccc(-c2nc(-c3ccc(F)cc3)no2)cn1. The minimum absolute atomic E-state index is 0.302. The van der Waals surface area contributed by atoms with Gasteiger partial charge >= 0.3 is 0 Å². The number of pyridine rings is 1. The quantitative estimate of drug-likeness (QED) is 0.751. The number of rotatable bonds is 6. The maximum absolute atomic E-state index is 13.0. The molecule has 0 aliphatic heterocycles. The second-order valence-corrected chi connectivity index (χ2v) is 5.59. The lowest BCUT2D eigenvalue weighted by molar-refractivity contribution is 0.425. The molecule has 0 saturated carbocycles. The monoisotopic (exact) mass is 327 g/mol. The first kappa shape index (κ1) is 16.1. The smallest absolute Gasteiger partial charge is 0.259 e.